The molecule has 27 heavy (non-hydrogen) atoms. The van der Waals surface area contributed by atoms with E-state index in [9.17, 15) is 8.42 Å². The van der Waals surface area contributed by atoms with Gasteiger partial charge in [0.05, 0.1) is 16.5 Å². The van der Waals surface area contributed by atoms with Crippen LogP contribution in [0.3, 0.4) is 0 Å². The van der Waals surface area contributed by atoms with Crippen molar-refractivity contribution < 1.29 is 8.42 Å². The van der Waals surface area contributed by atoms with Gasteiger partial charge in [0.1, 0.15) is 0 Å². The molecule has 0 spiro atoms. The van der Waals surface area contributed by atoms with Gasteiger partial charge in [-0.25, -0.2) is 8.42 Å². The second kappa shape index (κ2) is 7.85. The van der Waals surface area contributed by atoms with E-state index in [-0.39, 0.29) is 10.7 Å². The van der Waals surface area contributed by atoms with Crippen molar-refractivity contribution in [2.24, 2.45) is 0 Å². The molecule has 0 amide bonds. The number of nitrogens with zero attached hydrogens (tertiary/aromatic N) is 3. The maximum Gasteiger partial charge on any atom is 0.263 e. The topological polar surface area (TPSA) is 108 Å². The van der Waals surface area contributed by atoms with Crippen LogP contribution in [0.15, 0.2) is 65.6 Å². The number of hydrogen-bond donors (Lipinski definition) is 2. The number of benzene rings is 2. The summed E-state index contributed by atoms with van der Waals surface area (Å²) in [5.74, 6) is 0.579. The summed E-state index contributed by atoms with van der Waals surface area (Å²) in [4.78, 5) is 0.168. The molecule has 0 saturated carbocycles. The molecule has 7 nitrogen and oxygen atoms in total. The highest BCUT2D eigenvalue weighted by Gasteiger charge is 2.15. The van der Waals surface area contributed by atoms with Crippen molar-refractivity contribution in [2.75, 3.05) is 10.0 Å². The fraction of sp³-hybridized carbons (Fsp3) is 0.105. The lowest BCUT2D eigenvalue weighted by molar-refractivity contribution is 0.601. The number of nitrogens with one attached hydrogen (secondary N) is 2. The van der Waals surface area contributed by atoms with E-state index < -0.39 is 10.0 Å². The predicted octanol–water partition coefficient (Wildman–Crippen LogP) is 3.46. The van der Waals surface area contributed by atoms with E-state index in [1.807, 2.05) is 13.0 Å². The van der Waals surface area contributed by atoms with Crippen molar-refractivity contribution in [3.63, 3.8) is 0 Å². The van der Waals surface area contributed by atoms with Crippen LogP contribution in [0.25, 0.3) is 0 Å². The third-order valence-electron chi connectivity index (χ3n) is 3.83. The first-order valence-corrected chi connectivity index (χ1v) is 9.71. The molecule has 0 unspecified atom stereocenters. The van der Waals surface area contributed by atoms with E-state index in [1.165, 1.54) is 6.07 Å². The number of hydrogen-bond acceptors (Lipinski definition) is 6. The summed E-state index contributed by atoms with van der Waals surface area (Å²) in [6.07, 6.45) is 0.840. The predicted molar refractivity (Wildman–Crippen MR) is 103 cm³/mol. The lowest BCUT2D eigenvalue weighted by Gasteiger charge is -2.09. The number of rotatable bonds is 6. The fourth-order valence-corrected chi connectivity index (χ4v) is 3.33. The van der Waals surface area contributed by atoms with Gasteiger partial charge in [-0.1, -0.05) is 19.1 Å². The molecule has 1 heterocycles. The van der Waals surface area contributed by atoms with E-state index in [2.05, 4.69) is 20.2 Å². The minimum absolute atomic E-state index is 0.125. The molecule has 0 aliphatic carbocycles. The third kappa shape index (κ3) is 4.59. The van der Waals surface area contributed by atoms with E-state index in [1.54, 1.807) is 54.6 Å². The highest BCUT2D eigenvalue weighted by Crippen LogP contribution is 2.18. The number of sulfonamides is 1. The van der Waals surface area contributed by atoms with Gasteiger partial charge < -0.3 is 5.32 Å². The first kappa shape index (κ1) is 18.4. The fourth-order valence-electron chi connectivity index (χ4n) is 2.33. The summed E-state index contributed by atoms with van der Waals surface area (Å²) < 4.78 is 27.2. The molecular weight excluding hydrogens is 362 g/mol. The Kier molecular flexibility index (Phi) is 5.33. The van der Waals surface area contributed by atoms with Gasteiger partial charge in [0.25, 0.3) is 10.0 Å². The molecule has 0 atom stereocenters. The van der Waals surface area contributed by atoms with E-state index in [4.69, 9.17) is 5.26 Å². The molecule has 0 saturated heterocycles. The van der Waals surface area contributed by atoms with Crippen LogP contribution in [0.2, 0.25) is 0 Å². The molecule has 0 radical (unpaired) electrons. The van der Waals surface area contributed by atoms with Crippen molar-refractivity contribution in [3.8, 4) is 6.07 Å². The van der Waals surface area contributed by atoms with Gasteiger partial charge >= 0.3 is 0 Å². The quantitative estimate of drug-likeness (QED) is 0.679. The Morgan fingerprint density at radius 1 is 0.926 bits per heavy atom. The van der Waals surface area contributed by atoms with Crippen molar-refractivity contribution >= 4 is 27.3 Å². The van der Waals surface area contributed by atoms with Crippen molar-refractivity contribution in [1.82, 2.24) is 10.2 Å². The van der Waals surface area contributed by atoms with Crippen molar-refractivity contribution in [1.29, 1.82) is 5.26 Å². The van der Waals surface area contributed by atoms with Gasteiger partial charge in [-0.05, 0) is 60.5 Å². The molecule has 0 bridgehead atoms. The van der Waals surface area contributed by atoms with Crippen LogP contribution in [-0.4, -0.2) is 18.6 Å². The standard InChI is InChI=1S/C19H17N5O2S/c1-2-14-5-9-17(10-6-14)27(25,26)24-19-12-11-18(22-23-19)21-16-7-3-15(13-20)4-8-16/h3-12H,2H2,1H3,(H,21,22)(H,23,24). The van der Waals surface area contributed by atoms with Crippen LogP contribution < -0.4 is 10.0 Å². The van der Waals surface area contributed by atoms with Gasteiger partial charge in [-0.15, -0.1) is 10.2 Å². The summed E-state index contributed by atoms with van der Waals surface area (Å²) in [5, 5.41) is 19.7. The molecule has 0 aliphatic heterocycles. The Labute approximate surface area is 157 Å². The largest absolute Gasteiger partial charge is 0.339 e. The maximum atomic E-state index is 12.4. The molecule has 8 heteroatoms. The molecule has 3 rings (SSSR count). The van der Waals surface area contributed by atoms with Crippen LogP contribution in [0, 0.1) is 11.3 Å². The molecule has 1 aromatic heterocycles. The maximum absolute atomic E-state index is 12.4. The monoisotopic (exact) mass is 379 g/mol. The van der Waals surface area contributed by atoms with Crippen LogP contribution in [0.1, 0.15) is 18.1 Å². The summed E-state index contributed by atoms with van der Waals surface area (Å²) in [7, 11) is -3.72. The highest BCUT2D eigenvalue weighted by molar-refractivity contribution is 7.92. The summed E-state index contributed by atoms with van der Waals surface area (Å²) >= 11 is 0. The zero-order valence-electron chi connectivity index (χ0n) is 14.5. The van der Waals surface area contributed by atoms with Crippen LogP contribution >= 0.6 is 0 Å². The van der Waals surface area contributed by atoms with Gasteiger partial charge in [0.15, 0.2) is 11.6 Å². The Bertz CT molecular complexity index is 1060. The lowest BCUT2D eigenvalue weighted by Crippen LogP contribution is -2.14. The first-order chi connectivity index (χ1) is 13.0. The minimum atomic E-state index is -3.72. The molecule has 0 aliphatic rings. The van der Waals surface area contributed by atoms with Crippen molar-refractivity contribution in [3.05, 3.63) is 71.8 Å². The van der Waals surface area contributed by atoms with Gasteiger partial charge in [0.2, 0.25) is 0 Å². The normalized spacial score (nSPS) is 10.8. The van der Waals surface area contributed by atoms with Gasteiger partial charge in [0, 0.05) is 5.69 Å². The minimum Gasteiger partial charge on any atom is -0.339 e. The Morgan fingerprint density at radius 3 is 2.11 bits per heavy atom. The number of aromatic nitrogens is 2. The Hall–Kier alpha value is -3.44. The average Bonchev–Trinajstić information content (AvgIpc) is 2.70. The second-order valence-corrected chi connectivity index (χ2v) is 7.40. The summed E-state index contributed by atoms with van der Waals surface area (Å²) in [6.45, 7) is 2.00. The number of nitriles is 1. The lowest BCUT2D eigenvalue weighted by atomic mass is 10.2. The van der Waals surface area contributed by atoms with Gasteiger partial charge in [-0.2, -0.15) is 5.26 Å². The van der Waals surface area contributed by atoms with E-state index in [0.717, 1.165) is 17.7 Å². The zero-order chi connectivity index (χ0) is 19.3. The van der Waals surface area contributed by atoms with Crippen molar-refractivity contribution in [2.45, 2.75) is 18.2 Å². The Morgan fingerprint density at radius 2 is 1.56 bits per heavy atom. The van der Waals surface area contributed by atoms with Crippen LogP contribution in [0.5, 0.6) is 0 Å². The Balaban J connectivity index is 1.69. The molecule has 0 fully saturated rings. The number of aryl methyl sites for hydroxylation is 1. The summed E-state index contributed by atoms with van der Waals surface area (Å²) in [6, 6.07) is 18.7. The summed E-state index contributed by atoms with van der Waals surface area (Å²) in [5.41, 5.74) is 2.36. The SMILES string of the molecule is CCc1ccc(S(=O)(=O)Nc2ccc(Nc3ccc(C#N)cc3)nn2)cc1. The van der Waals surface area contributed by atoms with Gasteiger partial charge in [-0.3, -0.25) is 4.72 Å². The average molecular weight is 379 g/mol. The zero-order valence-corrected chi connectivity index (χ0v) is 15.4. The number of anilines is 3. The van der Waals surface area contributed by atoms with Crippen LogP contribution in [-0.2, 0) is 16.4 Å². The molecule has 2 N–H and O–H groups in total. The molecule has 2 aromatic carbocycles. The molecular formula is C19H17N5O2S. The van der Waals surface area contributed by atoms with E-state index >= 15 is 0 Å². The van der Waals surface area contributed by atoms with E-state index in [0.29, 0.717) is 11.4 Å². The molecule has 136 valence electrons. The highest BCUT2D eigenvalue weighted by atomic mass is 32.2. The first-order valence-electron chi connectivity index (χ1n) is 8.23. The smallest absolute Gasteiger partial charge is 0.263 e. The molecule has 3 aromatic rings. The third-order valence-corrected chi connectivity index (χ3v) is 5.20. The van der Waals surface area contributed by atoms with Crippen LogP contribution in [0.4, 0.5) is 17.3 Å². The second-order valence-electron chi connectivity index (χ2n) is 5.72.